The minimum absolute atomic E-state index is 0.119. The Morgan fingerprint density at radius 2 is 1.97 bits per heavy atom. The Labute approximate surface area is 189 Å². The number of benzene rings is 1. The summed E-state index contributed by atoms with van der Waals surface area (Å²) >= 11 is 0. The van der Waals surface area contributed by atoms with Gasteiger partial charge >= 0.3 is 0 Å². The molecule has 172 valence electrons. The van der Waals surface area contributed by atoms with Crippen LogP contribution in [0, 0.1) is 0 Å². The molecular weight excluding hydrogens is 404 g/mol. The molecule has 1 aromatic heterocycles. The van der Waals surface area contributed by atoms with Gasteiger partial charge in [-0.25, -0.2) is 4.68 Å². The van der Waals surface area contributed by atoms with Crippen molar-refractivity contribution in [3.63, 3.8) is 0 Å². The minimum Gasteiger partial charge on any atom is -0.493 e. The van der Waals surface area contributed by atoms with Gasteiger partial charge in [-0.3, -0.25) is 4.79 Å². The van der Waals surface area contributed by atoms with Crippen LogP contribution in [-0.4, -0.2) is 46.7 Å². The molecule has 7 heteroatoms. The van der Waals surface area contributed by atoms with Gasteiger partial charge in [-0.2, -0.15) is 5.10 Å². The Hall–Kier alpha value is -2.38. The lowest BCUT2D eigenvalue weighted by atomic mass is 9.93. The van der Waals surface area contributed by atoms with Gasteiger partial charge in [0.1, 0.15) is 11.6 Å². The number of rotatable bonds is 6. The molecule has 5 rings (SSSR count). The molecular formula is C25H34N4O3. The van der Waals surface area contributed by atoms with E-state index in [1.54, 1.807) is 10.7 Å². The van der Waals surface area contributed by atoms with Crippen molar-refractivity contribution in [2.75, 3.05) is 24.6 Å². The summed E-state index contributed by atoms with van der Waals surface area (Å²) in [5.41, 5.74) is 2.47. The van der Waals surface area contributed by atoms with E-state index in [0.717, 1.165) is 82.8 Å². The van der Waals surface area contributed by atoms with Crippen LogP contribution in [0.5, 0.6) is 5.75 Å². The third-order valence-corrected chi connectivity index (χ3v) is 7.20. The number of nitrogens with one attached hydrogen (secondary N) is 1. The molecule has 1 aromatic carbocycles. The molecule has 1 saturated heterocycles. The van der Waals surface area contributed by atoms with E-state index in [4.69, 9.17) is 9.84 Å². The fourth-order valence-corrected chi connectivity index (χ4v) is 5.43. The van der Waals surface area contributed by atoms with Crippen molar-refractivity contribution in [3.05, 3.63) is 51.8 Å². The lowest BCUT2D eigenvalue weighted by Crippen LogP contribution is -2.47. The summed E-state index contributed by atoms with van der Waals surface area (Å²) in [5, 5.41) is 18.8. The zero-order valence-corrected chi connectivity index (χ0v) is 18.7. The summed E-state index contributed by atoms with van der Waals surface area (Å²) in [6.45, 7) is 3.44. The largest absolute Gasteiger partial charge is 0.493 e. The van der Waals surface area contributed by atoms with Gasteiger partial charge in [-0.15, -0.1) is 0 Å². The van der Waals surface area contributed by atoms with Crippen LogP contribution >= 0.6 is 0 Å². The normalized spacial score (nSPS) is 25.4. The molecule has 1 aliphatic carbocycles. The summed E-state index contributed by atoms with van der Waals surface area (Å²) in [6, 6.07) is 10.1. The second kappa shape index (κ2) is 9.63. The Balaban J connectivity index is 1.27. The molecule has 0 amide bonds. The van der Waals surface area contributed by atoms with Gasteiger partial charge in [0.25, 0.3) is 5.56 Å². The summed E-state index contributed by atoms with van der Waals surface area (Å²) in [4.78, 5) is 14.9. The summed E-state index contributed by atoms with van der Waals surface area (Å²) in [6.07, 6.45) is 7.57. The molecule has 3 atom stereocenters. The number of piperidine rings is 1. The summed E-state index contributed by atoms with van der Waals surface area (Å²) in [7, 11) is 0. The van der Waals surface area contributed by atoms with E-state index in [1.165, 1.54) is 17.5 Å². The topological polar surface area (TPSA) is 79.6 Å². The quantitative estimate of drug-likeness (QED) is 0.722. The van der Waals surface area contributed by atoms with E-state index in [-0.39, 0.29) is 11.6 Å². The smallest absolute Gasteiger partial charge is 0.267 e. The molecule has 1 saturated carbocycles. The van der Waals surface area contributed by atoms with Crippen molar-refractivity contribution in [2.24, 2.45) is 0 Å². The van der Waals surface area contributed by atoms with Crippen LogP contribution in [0.25, 0.3) is 0 Å². The molecule has 3 aliphatic rings. The van der Waals surface area contributed by atoms with Crippen LogP contribution in [-0.2, 0) is 13.0 Å². The van der Waals surface area contributed by atoms with Gasteiger partial charge in [0.05, 0.1) is 18.8 Å². The highest BCUT2D eigenvalue weighted by Gasteiger charge is 2.28. The highest BCUT2D eigenvalue weighted by atomic mass is 16.5. The molecule has 0 bridgehead atoms. The predicted molar refractivity (Wildman–Crippen MR) is 124 cm³/mol. The number of hydrogen-bond donors (Lipinski definition) is 2. The maximum Gasteiger partial charge on any atom is 0.267 e. The van der Waals surface area contributed by atoms with Gasteiger partial charge in [-0.05, 0) is 55.4 Å². The Morgan fingerprint density at radius 1 is 1.09 bits per heavy atom. The average molecular weight is 439 g/mol. The first kappa shape index (κ1) is 21.5. The number of ether oxygens (including phenoxy) is 1. The van der Waals surface area contributed by atoms with E-state index >= 15 is 0 Å². The van der Waals surface area contributed by atoms with Crippen molar-refractivity contribution in [2.45, 2.75) is 76.1 Å². The third-order valence-electron chi connectivity index (χ3n) is 7.20. The standard InChI is InChI=1S/C25H34N4O3/c30-22-7-2-1-6-21(22)29-25(31)11-10-24(27-29)28-13-4-3-5-20(28)17-26-16-18-8-9-23-19(15-18)12-14-32-23/h8-11,15,20-22,26,30H,1-7,12-14,16-17H2. The molecule has 7 nitrogen and oxygen atoms in total. The molecule has 3 heterocycles. The average Bonchev–Trinajstić information content (AvgIpc) is 3.28. The monoisotopic (exact) mass is 438 g/mol. The second-order valence-corrected chi connectivity index (χ2v) is 9.41. The highest BCUT2D eigenvalue weighted by molar-refractivity contribution is 5.40. The summed E-state index contributed by atoms with van der Waals surface area (Å²) in [5.74, 6) is 1.88. The highest BCUT2D eigenvalue weighted by Crippen LogP contribution is 2.29. The molecule has 32 heavy (non-hydrogen) atoms. The van der Waals surface area contributed by atoms with Crippen LogP contribution in [0.1, 0.15) is 62.1 Å². The van der Waals surface area contributed by atoms with E-state index in [1.807, 2.05) is 6.07 Å². The first-order chi connectivity index (χ1) is 15.7. The van der Waals surface area contributed by atoms with E-state index < -0.39 is 6.10 Å². The SMILES string of the molecule is O=c1ccc(N2CCCCC2CNCc2ccc3c(c2)CCO3)nn1C1CCCCC1O. The van der Waals surface area contributed by atoms with E-state index in [2.05, 4.69) is 28.4 Å². The fraction of sp³-hybridized carbons (Fsp3) is 0.600. The lowest BCUT2D eigenvalue weighted by Gasteiger charge is -2.37. The van der Waals surface area contributed by atoms with E-state index in [0.29, 0.717) is 6.04 Å². The molecule has 3 unspecified atom stereocenters. The number of aliphatic hydroxyl groups is 1. The Kier molecular flexibility index (Phi) is 6.46. The first-order valence-corrected chi connectivity index (χ1v) is 12.2. The Bertz CT molecular complexity index is 991. The van der Waals surface area contributed by atoms with Crippen molar-refractivity contribution in [3.8, 4) is 5.75 Å². The second-order valence-electron chi connectivity index (χ2n) is 9.41. The van der Waals surface area contributed by atoms with Gasteiger partial charge in [0.15, 0.2) is 0 Å². The van der Waals surface area contributed by atoms with E-state index in [9.17, 15) is 9.90 Å². The van der Waals surface area contributed by atoms with Crippen LogP contribution in [0.15, 0.2) is 35.1 Å². The molecule has 2 aromatic rings. The molecule has 2 fully saturated rings. The first-order valence-electron chi connectivity index (χ1n) is 12.2. The van der Waals surface area contributed by atoms with Crippen LogP contribution in [0.3, 0.4) is 0 Å². The van der Waals surface area contributed by atoms with Gasteiger partial charge in [0.2, 0.25) is 0 Å². The van der Waals surface area contributed by atoms with Crippen molar-refractivity contribution >= 4 is 5.82 Å². The summed E-state index contributed by atoms with van der Waals surface area (Å²) < 4.78 is 7.16. The molecule has 2 aliphatic heterocycles. The van der Waals surface area contributed by atoms with Crippen molar-refractivity contribution < 1.29 is 9.84 Å². The zero-order chi connectivity index (χ0) is 21.9. The Morgan fingerprint density at radius 3 is 2.88 bits per heavy atom. The fourth-order valence-electron chi connectivity index (χ4n) is 5.43. The lowest BCUT2D eigenvalue weighted by molar-refractivity contribution is 0.0669. The number of aromatic nitrogens is 2. The molecule has 0 radical (unpaired) electrons. The molecule has 2 N–H and O–H groups in total. The van der Waals surface area contributed by atoms with Crippen LogP contribution < -0.4 is 20.5 Å². The maximum atomic E-state index is 12.5. The minimum atomic E-state index is -0.485. The van der Waals surface area contributed by atoms with Gasteiger partial charge < -0.3 is 20.1 Å². The number of hydrogen-bond acceptors (Lipinski definition) is 6. The number of aliphatic hydroxyl groups excluding tert-OH is 1. The maximum absolute atomic E-state index is 12.5. The van der Waals surface area contributed by atoms with Crippen molar-refractivity contribution in [1.82, 2.24) is 15.1 Å². The van der Waals surface area contributed by atoms with Gasteiger partial charge in [-0.1, -0.05) is 25.0 Å². The number of fused-ring (bicyclic) bond motifs is 1. The van der Waals surface area contributed by atoms with Crippen LogP contribution in [0.4, 0.5) is 5.82 Å². The third kappa shape index (κ3) is 4.55. The number of nitrogens with zero attached hydrogens (tertiary/aromatic N) is 3. The molecule has 0 spiro atoms. The number of anilines is 1. The van der Waals surface area contributed by atoms with Crippen molar-refractivity contribution in [1.29, 1.82) is 0 Å². The predicted octanol–water partition coefficient (Wildman–Crippen LogP) is 2.80. The van der Waals surface area contributed by atoms with Crippen LogP contribution in [0.2, 0.25) is 0 Å². The zero-order valence-electron chi connectivity index (χ0n) is 18.7. The van der Waals surface area contributed by atoms with Gasteiger partial charge in [0, 0.05) is 38.2 Å².